The first-order valence-corrected chi connectivity index (χ1v) is 7.66. The summed E-state index contributed by atoms with van der Waals surface area (Å²) in [7, 11) is 1.43. The molecule has 0 amide bonds. The van der Waals surface area contributed by atoms with Gasteiger partial charge in [-0.1, -0.05) is 25.1 Å². The van der Waals surface area contributed by atoms with Crippen molar-refractivity contribution in [1.29, 1.82) is 0 Å². The normalized spacial score (nSPS) is 11.1. The minimum absolute atomic E-state index is 0.0655. The van der Waals surface area contributed by atoms with Crippen molar-refractivity contribution in [3.8, 4) is 5.75 Å². The highest BCUT2D eigenvalue weighted by Gasteiger charge is 2.13. The number of nitrogens with zero attached hydrogens (tertiary/aromatic N) is 2. The Kier molecular flexibility index (Phi) is 4.19. The summed E-state index contributed by atoms with van der Waals surface area (Å²) in [6.07, 6.45) is 0.880. The van der Waals surface area contributed by atoms with Crippen molar-refractivity contribution < 1.29 is 9.13 Å². The summed E-state index contributed by atoms with van der Waals surface area (Å²) in [5, 5.41) is 0. The van der Waals surface area contributed by atoms with Crippen molar-refractivity contribution >= 4 is 11.0 Å². The van der Waals surface area contributed by atoms with Crippen LogP contribution in [0.15, 0.2) is 47.3 Å². The number of ether oxygens (including phenoxy) is 1. The molecule has 0 bridgehead atoms. The molecule has 0 aliphatic carbocycles. The number of fused-ring (bicyclic) bond motifs is 1. The molecular weight excluding hydrogens is 295 g/mol. The number of rotatable bonds is 5. The van der Waals surface area contributed by atoms with E-state index in [0.29, 0.717) is 13.1 Å². The Balaban J connectivity index is 2.08. The van der Waals surface area contributed by atoms with Crippen LogP contribution >= 0.6 is 0 Å². The average molecular weight is 314 g/mol. The third-order valence-corrected chi connectivity index (χ3v) is 3.93. The van der Waals surface area contributed by atoms with E-state index in [9.17, 15) is 9.18 Å². The SMILES string of the molecule is CCCn1c(=O)n(Cc2ccc(OC)c(F)c2)c2ccccc21. The highest BCUT2D eigenvalue weighted by Crippen LogP contribution is 2.20. The van der Waals surface area contributed by atoms with Gasteiger partial charge >= 0.3 is 5.69 Å². The number of aromatic nitrogens is 2. The van der Waals surface area contributed by atoms with E-state index < -0.39 is 5.82 Å². The van der Waals surface area contributed by atoms with Gasteiger partial charge in [0.05, 0.1) is 24.7 Å². The van der Waals surface area contributed by atoms with Gasteiger partial charge in [0, 0.05) is 6.54 Å². The van der Waals surface area contributed by atoms with Crippen LogP contribution in [0.3, 0.4) is 0 Å². The summed E-state index contributed by atoms with van der Waals surface area (Å²) in [5.74, 6) is -0.218. The standard InChI is InChI=1S/C18H19FN2O2/c1-3-10-20-15-6-4-5-7-16(15)21(18(20)22)12-13-8-9-17(23-2)14(19)11-13/h4-9,11H,3,10,12H2,1-2H3. The number of hydrogen-bond acceptors (Lipinski definition) is 2. The first-order chi connectivity index (χ1) is 11.2. The molecule has 2 aromatic carbocycles. The molecule has 0 aliphatic rings. The number of aryl methyl sites for hydroxylation is 1. The van der Waals surface area contributed by atoms with Gasteiger partial charge in [0.1, 0.15) is 0 Å². The van der Waals surface area contributed by atoms with Crippen molar-refractivity contribution in [2.75, 3.05) is 7.11 Å². The Morgan fingerprint density at radius 2 is 1.78 bits per heavy atom. The average Bonchev–Trinajstić information content (AvgIpc) is 2.81. The molecule has 0 aliphatic heterocycles. The molecule has 5 heteroatoms. The van der Waals surface area contributed by atoms with E-state index in [1.165, 1.54) is 13.2 Å². The van der Waals surface area contributed by atoms with Gasteiger partial charge in [0.25, 0.3) is 0 Å². The fraction of sp³-hybridized carbons (Fsp3) is 0.278. The number of halogens is 1. The molecule has 1 aromatic heterocycles. The molecule has 0 unspecified atom stereocenters. The molecule has 3 aromatic rings. The second kappa shape index (κ2) is 6.28. The van der Waals surface area contributed by atoms with E-state index in [4.69, 9.17) is 4.74 Å². The lowest BCUT2D eigenvalue weighted by atomic mass is 10.2. The second-order valence-corrected chi connectivity index (χ2v) is 5.48. The number of benzene rings is 2. The minimum atomic E-state index is -0.421. The lowest BCUT2D eigenvalue weighted by Gasteiger charge is -2.06. The van der Waals surface area contributed by atoms with Gasteiger partial charge in [-0.05, 0) is 36.2 Å². The molecule has 0 saturated heterocycles. The van der Waals surface area contributed by atoms with Crippen LogP contribution in [0.1, 0.15) is 18.9 Å². The zero-order chi connectivity index (χ0) is 16.4. The smallest absolute Gasteiger partial charge is 0.329 e. The predicted molar refractivity (Wildman–Crippen MR) is 88.5 cm³/mol. The largest absolute Gasteiger partial charge is 0.494 e. The van der Waals surface area contributed by atoms with Crippen molar-refractivity contribution in [1.82, 2.24) is 9.13 Å². The van der Waals surface area contributed by atoms with Crippen molar-refractivity contribution in [3.05, 3.63) is 64.3 Å². The van der Waals surface area contributed by atoms with Crippen LogP contribution in [-0.4, -0.2) is 16.2 Å². The summed E-state index contributed by atoms with van der Waals surface area (Å²) in [6.45, 7) is 3.04. The molecule has 3 rings (SSSR count). The number of hydrogen-bond donors (Lipinski definition) is 0. The molecule has 0 fully saturated rings. The van der Waals surface area contributed by atoms with E-state index in [2.05, 4.69) is 0 Å². The van der Waals surface area contributed by atoms with Crippen LogP contribution in [0.4, 0.5) is 4.39 Å². The third kappa shape index (κ3) is 2.74. The Morgan fingerprint density at radius 3 is 2.39 bits per heavy atom. The first kappa shape index (κ1) is 15.3. The molecule has 0 saturated carbocycles. The molecule has 120 valence electrons. The third-order valence-electron chi connectivity index (χ3n) is 3.93. The van der Waals surface area contributed by atoms with Gasteiger partial charge in [0.15, 0.2) is 11.6 Å². The summed E-state index contributed by atoms with van der Waals surface area (Å²) >= 11 is 0. The van der Waals surface area contributed by atoms with E-state index in [-0.39, 0.29) is 11.4 Å². The molecule has 0 spiro atoms. The van der Waals surface area contributed by atoms with Gasteiger partial charge in [0.2, 0.25) is 0 Å². The Labute approximate surface area is 133 Å². The molecule has 23 heavy (non-hydrogen) atoms. The van der Waals surface area contributed by atoms with Gasteiger partial charge in [-0.25, -0.2) is 9.18 Å². The van der Waals surface area contributed by atoms with E-state index in [0.717, 1.165) is 23.0 Å². The van der Waals surface area contributed by atoms with Crippen LogP contribution in [0.2, 0.25) is 0 Å². The summed E-state index contributed by atoms with van der Waals surface area (Å²) in [6, 6.07) is 12.5. The minimum Gasteiger partial charge on any atom is -0.494 e. The number of para-hydroxylation sites is 2. The van der Waals surface area contributed by atoms with Gasteiger partial charge in [-0.2, -0.15) is 0 Å². The molecule has 0 radical (unpaired) electrons. The monoisotopic (exact) mass is 314 g/mol. The fourth-order valence-corrected chi connectivity index (χ4v) is 2.86. The maximum Gasteiger partial charge on any atom is 0.329 e. The predicted octanol–water partition coefficient (Wildman–Crippen LogP) is 3.41. The molecular formula is C18H19FN2O2. The topological polar surface area (TPSA) is 36.2 Å². The molecule has 0 atom stereocenters. The van der Waals surface area contributed by atoms with Crippen molar-refractivity contribution in [2.45, 2.75) is 26.4 Å². The number of imidazole rings is 1. The summed E-state index contributed by atoms with van der Waals surface area (Å²) in [5.41, 5.74) is 2.43. The van der Waals surface area contributed by atoms with Crippen LogP contribution in [0.5, 0.6) is 5.75 Å². The van der Waals surface area contributed by atoms with Gasteiger partial charge in [-0.15, -0.1) is 0 Å². The van der Waals surface area contributed by atoms with Crippen molar-refractivity contribution in [3.63, 3.8) is 0 Å². The number of methoxy groups -OCH3 is 1. The van der Waals surface area contributed by atoms with Gasteiger partial charge < -0.3 is 4.74 Å². The highest BCUT2D eigenvalue weighted by molar-refractivity contribution is 5.76. The molecule has 1 heterocycles. The first-order valence-electron chi connectivity index (χ1n) is 7.66. The maximum absolute atomic E-state index is 13.9. The zero-order valence-corrected chi connectivity index (χ0v) is 13.3. The quantitative estimate of drug-likeness (QED) is 0.723. The van der Waals surface area contributed by atoms with Gasteiger partial charge in [-0.3, -0.25) is 9.13 Å². The van der Waals surface area contributed by atoms with E-state index in [1.54, 1.807) is 21.3 Å². The molecule has 4 nitrogen and oxygen atoms in total. The lowest BCUT2D eigenvalue weighted by Crippen LogP contribution is -2.24. The zero-order valence-electron chi connectivity index (χ0n) is 13.3. The van der Waals surface area contributed by atoms with E-state index in [1.807, 2.05) is 31.2 Å². The van der Waals surface area contributed by atoms with Crippen molar-refractivity contribution in [2.24, 2.45) is 0 Å². The lowest BCUT2D eigenvalue weighted by molar-refractivity contribution is 0.386. The van der Waals surface area contributed by atoms with Crippen LogP contribution in [0, 0.1) is 5.82 Å². The Hall–Kier alpha value is -2.56. The van der Waals surface area contributed by atoms with Crippen LogP contribution in [-0.2, 0) is 13.1 Å². The highest BCUT2D eigenvalue weighted by atomic mass is 19.1. The maximum atomic E-state index is 13.9. The molecule has 0 N–H and O–H groups in total. The van der Waals surface area contributed by atoms with Crippen LogP contribution in [0.25, 0.3) is 11.0 Å². The van der Waals surface area contributed by atoms with E-state index >= 15 is 0 Å². The van der Waals surface area contributed by atoms with Crippen LogP contribution < -0.4 is 10.4 Å². The Morgan fingerprint density at radius 1 is 1.09 bits per heavy atom. The fourth-order valence-electron chi connectivity index (χ4n) is 2.86. The summed E-state index contributed by atoms with van der Waals surface area (Å²) in [4.78, 5) is 12.7. The Bertz CT molecular complexity index is 896. The second-order valence-electron chi connectivity index (χ2n) is 5.48. The summed E-state index contributed by atoms with van der Waals surface area (Å²) < 4.78 is 22.3.